The highest BCUT2D eigenvalue weighted by Gasteiger charge is 2.30. The van der Waals surface area contributed by atoms with Crippen LogP contribution in [0.5, 0.6) is 5.75 Å². The summed E-state index contributed by atoms with van der Waals surface area (Å²) in [5.74, 6) is 0.670. The smallest absolute Gasteiger partial charge is 0.417 e. The van der Waals surface area contributed by atoms with Gasteiger partial charge in [-0.1, -0.05) is 12.1 Å². The molecule has 0 aliphatic rings. The maximum absolute atomic E-state index is 12.5. The number of methoxy groups -OCH3 is 1. The fourth-order valence-corrected chi connectivity index (χ4v) is 1.75. The quantitative estimate of drug-likeness (QED) is 0.799. The van der Waals surface area contributed by atoms with Gasteiger partial charge in [0.2, 0.25) is 0 Å². The van der Waals surface area contributed by atoms with E-state index in [1.54, 1.807) is 30.3 Å². The summed E-state index contributed by atoms with van der Waals surface area (Å²) in [6.45, 7) is 0. The molecule has 0 N–H and O–H groups in total. The Hall–Kier alpha value is -2.81. The van der Waals surface area contributed by atoms with E-state index in [9.17, 15) is 13.2 Å². The van der Waals surface area contributed by atoms with Gasteiger partial charge in [0.15, 0.2) is 0 Å². The third-order valence-corrected chi connectivity index (χ3v) is 2.91. The van der Waals surface area contributed by atoms with Crippen LogP contribution in [0.3, 0.4) is 0 Å². The Kier molecular flexibility index (Phi) is 4.47. The standard InChI is InChI=1S/C16H11F3N2O/c1-22-14-5-2-11(3-6-14)8-12(9-20)15-7-4-13(10-21-15)16(17,18)19/h2-8,10H,1H3/b12-8-. The van der Waals surface area contributed by atoms with Crippen LogP contribution in [-0.4, -0.2) is 12.1 Å². The topological polar surface area (TPSA) is 45.9 Å². The Bertz CT molecular complexity index is 711. The van der Waals surface area contributed by atoms with Crippen molar-refractivity contribution < 1.29 is 17.9 Å². The van der Waals surface area contributed by atoms with E-state index in [2.05, 4.69) is 4.98 Å². The summed E-state index contributed by atoms with van der Waals surface area (Å²) >= 11 is 0. The van der Waals surface area contributed by atoms with E-state index in [4.69, 9.17) is 10.00 Å². The molecular formula is C16H11F3N2O. The van der Waals surface area contributed by atoms with E-state index in [1.807, 2.05) is 6.07 Å². The SMILES string of the molecule is COc1ccc(/C=C(/C#N)c2ccc(C(F)(F)F)cn2)cc1. The number of halogens is 3. The molecule has 0 bridgehead atoms. The zero-order valence-corrected chi connectivity index (χ0v) is 11.6. The minimum atomic E-state index is -4.45. The first-order valence-electron chi connectivity index (χ1n) is 6.23. The highest BCUT2D eigenvalue weighted by atomic mass is 19.4. The van der Waals surface area contributed by atoms with Crippen molar-refractivity contribution in [1.29, 1.82) is 5.26 Å². The van der Waals surface area contributed by atoms with E-state index < -0.39 is 11.7 Å². The second kappa shape index (κ2) is 6.31. The van der Waals surface area contributed by atoms with Crippen molar-refractivity contribution in [2.75, 3.05) is 7.11 Å². The molecule has 0 fully saturated rings. The lowest BCUT2D eigenvalue weighted by atomic mass is 10.1. The second-order valence-electron chi connectivity index (χ2n) is 4.37. The summed E-state index contributed by atoms with van der Waals surface area (Å²) in [5, 5.41) is 9.17. The van der Waals surface area contributed by atoms with E-state index in [1.165, 1.54) is 13.2 Å². The average Bonchev–Trinajstić information content (AvgIpc) is 2.52. The molecular weight excluding hydrogens is 293 g/mol. The number of hydrogen-bond acceptors (Lipinski definition) is 3. The van der Waals surface area contributed by atoms with E-state index in [-0.39, 0.29) is 11.3 Å². The van der Waals surface area contributed by atoms with Crippen molar-refractivity contribution in [3.8, 4) is 11.8 Å². The fourth-order valence-electron chi connectivity index (χ4n) is 1.75. The third kappa shape index (κ3) is 3.64. The molecule has 6 heteroatoms. The lowest BCUT2D eigenvalue weighted by molar-refractivity contribution is -0.137. The van der Waals surface area contributed by atoms with Gasteiger partial charge in [-0.3, -0.25) is 4.98 Å². The molecule has 3 nitrogen and oxygen atoms in total. The maximum atomic E-state index is 12.5. The van der Waals surface area contributed by atoms with Gasteiger partial charge in [0.25, 0.3) is 0 Å². The number of benzene rings is 1. The van der Waals surface area contributed by atoms with Gasteiger partial charge in [-0.15, -0.1) is 0 Å². The predicted octanol–water partition coefficient (Wildman–Crippen LogP) is 4.17. The Morgan fingerprint density at radius 2 is 1.86 bits per heavy atom. The first-order valence-corrected chi connectivity index (χ1v) is 6.23. The van der Waals surface area contributed by atoms with Crippen LogP contribution in [0, 0.1) is 11.3 Å². The molecule has 1 heterocycles. The van der Waals surface area contributed by atoms with E-state index in [0.29, 0.717) is 11.9 Å². The highest BCUT2D eigenvalue weighted by molar-refractivity contribution is 5.88. The number of pyridine rings is 1. The lowest BCUT2D eigenvalue weighted by Gasteiger charge is -2.06. The average molecular weight is 304 g/mol. The highest BCUT2D eigenvalue weighted by Crippen LogP contribution is 2.29. The van der Waals surface area contributed by atoms with Crippen molar-refractivity contribution in [3.05, 3.63) is 59.4 Å². The van der Waals surface area contributed by atoms with Crippen LogP contribution < -0.4 is 4.74 Å². The summed E-state index contributed by atoms with van der Waals surface area (Å²) in [7, 11) is 1.54. The minimum Gasteiger partial charge on any atom is -0.497 e. The molecule has 0 atom stereocenters. The Morgan fingerprint density at radius 3 is 2.32 bits per heavy atom. The zero-order valence-electron chi connectivity index (χ0n) is 11.6. The number of allylic oxidation sites excluding steroid dienone is 1. The summed E-state index contributed by atoms with van der Waals surface area (Å²) in [6.07, 6.45) is -2.18. The van der Waals surface area contributed by atoms with Crippen LogP contribution in [0.1, 0.15) is 16.8 Å². The van der Waals surface area contributed by atoms with Crippen LogP contribution in [0.25, 0.3) is 11.6 Å². The molecule has 0 saturated carbocycles. The van der Waals surface area contributed by atoms with Gasteiger partial charge in [0, 0.05) is 6.20 Å². The van der Waals surface area contributed by atoms with Gasteiger partial charge < -0.3 is 4.74 Å². The normalized spacial score (nSPS) is 11.9. The van der Waals surface area contributed by atoms with Crippen molar-refractivity contribution in [2.45, 2.75) is 6.18 Å². The second-order valence-corrected chi connectivity index (χ2v) is 4.37. The van der Waals surface area contributed by atoms with Gasteiger partial charge in [0.05, 0.1) is 23.9 Å². The summed E-state index contributed by atoms with van der Waals surface area (Å²) in [4.78, 5) is 3.71. The minimum absolute atomic E-state index is 0.180. The van der Waals surface area contributed by atoms with Crippen molar-refractivity contribution in [1.82, 2.24) is 4.98 Å². The predicted molar refractivity (Wildman–Crippen MR) is 75.7 cm³/mol. The van der Waals surface area contributed by atoms with Gasteiger partial charge in [-0.25, -0.2) is 0 Å². The number of nitrogens with zero attached hydrogens (tertiary/aromatic N) is 2. The van der Waals surface area contributed by atoms with Crippen LogP contribution in [-0.2, 0) is 6.18 Å². The Morgan fingerprint density at radius 1 is 1.18 bits per heavy atom. The van der Waals surface area contributed by atoms with Crippen molar-refractivity contribution in [3.63, 3.8) is 0 Å². The molecule has 1 aromatic carbocycles. The van der Waals surface area contributed by atoms with Gasteiger partial charge in [0.1, 0.15) is 11.8 Å². The monoisotopic (exact) mass is 304 g/mol. The summed E-state index contributed by atoms with van der Waals surface area (Å²) in [5.41, 5.74) is 0.238. The number of rotatable bonds is 3. The van der Waals surface area contributed by atoms with E-state index in [0.717, 1.165) is 11.6 Å². The lowest BCUT2D eigenvalue weighted by Crippen LogP contribution is -2.05. The molecule has 2 aromatic rings. The molecule has 1 aromatic heterocycles. The largest absolute Gasteiger partial charge is 0.497 e. The van der Waals surface area contributed by atoms with E-state index >= 15 is 0 Å². The first-order chi connectivity index (χ1) is 10.4. The first kappa shape index (κ1) is 15.6. The van der Waals surface area contributed by atoms with Gasteiger partial charge >= 0.3 is 6.18 Å². The molecule has 0 aliphatic carbocycles. The molecule has 0 aliphatic heterocycles. The number of hydrogen-bond donors (Lipinski definition) is 0. The van der Waals surface area contributed by atoms with Gasteiger partial charge in [-0.05, 0) is 35.9 Å². The number of ether oxygens (including phenoxy) is 1. The molecule has 22 heavy (non-hydrogen) atoms. The molecule has 0 unspecified atom stereocenters. The fraction of sp³-hybridized carbons (Fsp3) is 0.125. The van der Waals surface area contributed by atoms with Gasteiger partial charge in [-0.2, -0.15) is 18.4 Å². The number of aromatic nitrogens is 1. The maximum Gasteiger partial charge on any atom is 0.417 e. The number of alkyl halides is 3. The summed E-state index contributed by atoms with van der Waals surface area (Å²) < 4.78 is 42.5. The third-order valence-electron chi connectivity index (χ3n) is 2.91. The van der Waals surface area contributed by atoms with Crippen molar-refractivity contribution in [2.24, 2.45) is 0 Å². The zero-order chi connectivity index (χ0) is 16.2. The molecule has 2 rings (SSSR count). The van der Waals surface area contributed by atoms with Crippen LogP contribution in [0.15, 0.2) is 42.6 Å². The van der Waals surface area contributed by atoms with Crippen molar-refractivity contribution >= 4 is 11.6 Å². The van der Waals surface area contributed by atoms with Crippen LogP contribution in [0.4, 0.5) is 13.2 Å². The molecule has 0 spiro atoms. The molecule has 112 valence electrons. The summed E-state index contributed by atoms with van der Waals surface area (Å²) in [6, 6.07) is 10.9. The van der Waals surface area contributed by atoms with Crippen LogP contribution >= 0.6 is 0 Å². The Labute approximate surface area is 125 Å². The van der Waals surface area contributed by atoms with Crippen LogP contribution in [0.2, 0.25) is 0 Å². The molecule has 0 radical (unpaired) electrons. The number of nitriles is 1. The molecule has 0 amide bonds. The Balaban J connectivity index is 2.31. The molecule has 0 saturated heterocycles.